The summed E-state index contributed by atoms with van der Waals surface area (Å²) in [6.07, 6.45) is 0.733. The fourth-order valence-electron chi connectivity index (χ4n) is 1.74. The standard InChI is InChI=1S/C14H20O2/c1-14(2,3)12(13(15)16-4)10-11-8-6-5-7-9-11/h5-9,12H,10H2,1-4H3/t12-/m0/s1. The van der Waals surface area contributed by atoms with Crippen molar-refractivity contribution in [1.29, 1.82) is 0 Å². The molecule has 2 heteroatoms. The van der Waals surface area contributed by atoms with E-state index in [9.17, 15) is 4.79 Å². The van der Waals surface area contributed by atoms with Crippen LogP contribution in [-0.2, 0) is 16.0 Å². The van der Waals surface area contributed by atoms with E-state index in [2.05, 4.69) is 20.8 Å². The lowest BCUT2D eigenvalue weighted by Crippen LogP contribution is -2.31. The average molecular weight is 220 g/mol. The molecule has 2 nitrogen and oxygen atoms in total. The highest BCUT2D eigenvalue weighted by molar-refractivity contribution is 5.73. The predicted octanol–water partition coefficient (Wildman–Crippen LogP) is 3.06. The molecule has 0 aliphatic heterocycles. The molecule has 0 spiro atoms. The SMILES string of the molecule is COC(=O)[C@H](Cc1ccccc1)C(C)(C)C. The molecule has 0 bridgehead atoms. The third kappa shape index (κ3) is 3.37. The van der Waals surface area contributed by atoms with Crippen LogP contribution in [0.25, 0.3) is 0 Å². The predicted molar refractivity (Wildman–Crippen MR) is 65.1 cm³/mol. The Morgan fingerprint density at radius 1 is 1.25 bits per heavy atom. The monoisotopic (exact) mass is 220 g/mol. The molecule has 0 amide bonds. The molecule has 1 aromatic rings. The van der Waals surface area contributed by atoms with Gasteiger partial charge in [-0.15, -0.1) is 0 Å². The number of ether oxygens (including phenoxy) is 1. The topological polar surface area (TPSA) is 26.3 Å². The summed E-state index contributed by atoms with van der Waals surface area (Å²) in [6, 6.07) is 10.1. The van der Waals surface area contributed by atoms with Crippen LogP contribution < -0.4 is 0 Å². The quantitative estimate of drug-likeness (QED) is 0.732. The normalized spacial score (nSPS) is 13.2. The highest BCUT2D eigenvalue weighted by atomic mass is 16.5. The lowest BCUT2D eigenvalue weighted by Gasteiger charge is -2.28. The second-order valence-electron chi connectivity index (χ2n) is 5.13. The van der Waals surface area contributed by atoms with Crippen LogP contribution in [0.1, 0.15) is 26.3 Å². The number of rotatable bonds is 3. The summed E-state index contributed by atoms with van der Waals surface area (Å²) in [6.45, 7) is 6.20. The second-order valence-corrected chi connectivity index (χ2v) is 5.13. The molecule has 1 rings (SSSR count). The minimum atomic E-state index is -0.128. The first-order valence-corrected chi connectivity index (χ1v) is 5.57. The van der Waals surface area contributed by atoms with Gasteiger partial charge in [-0.05, 0) is 17.4 Å². The van der Waals surface area contributed by atoms with E-state index in [1.807, 2.05) is 30.3 Å². The zero-order chi connectivity index (χ0) is 12.2. The van der Waals surface area contributed by atoms with Gasteiger partial charge in [-0.3, -0.25) is 4.79 Å². The van der Waals surface area contributed by atoms with Crippen molar-refractivity contribution in [3.05, 3.63) is 35.9 Å². The molecule has 0 fully saturated rings. The second kappa shape index (κ2) is 5.15. The molecule has 0 heterocycles. The van der Waals surface area contributed by atoms with Gasteiger partial charge in [0.2, 0.25) is 0 Å². The van der Waals surface area contributed by atoms with Gasteiger partial charge in [-0.1, -0.05) is 51.1 Å². The molecule has 0 saturated carbocycles. The van der Waals surface area contributed by atoms with Crippen LogP contribution in [0.3, 0.4) is 0 Å². The molecular formula is C14H20O2. The number of carbonyl (C=O) groups is 1. The van der Waals surface area contributed by atoms with Gasteiger partial charge in [0.05, 0.1) is 13.0 Å². The minimum Gasteiger partial charge on any atom is -0.469 e. The summed E-state index contributed by atoms with van der Waals surface area (Å²) in [4.78, 5) is 11.7. The van der Waals surface area contributed by atoms with Crippen molar-refractivity contribution in [2.75, 3.05) is 7.11 Å². The average Bonchev–Trinajstić information content (AvgIpc) is 2.25. The largest absolute Gasteiger partial charge is 0.469 e. The van der Waals surface area contributed by atoms with E-state index in [4.69, 9.17) is 4.74 Å². The highest BCUT2D eigenvalue weighted by Gasteiger charge is 2.32. The molecule has 0 aromatic heterocycles. The van der Waals surface area contributed by atoms with Crippen LogP contribution in [0.2, 0.25) is 0 Å². The van der Waals surface area contributed by atoms with E-state index in [0.29, 0.717) is 0 Å². The molecule has 0 aliphatic rings. The molecule has 0 N–H and O–H groups in total. The first-order valence-electron chi connectivity index (χ1n) is 5.57. The Morgan fingerprint density at radius 3 is 2.25 bits per heavy atom. The van der Waals surface area contributed by atoms with Crippen molar-refractivity contribution in [1.82, 2.24) is 0 Å². The first kappa shape index (κ1) is 12.8. The van der Waals surface area contributed by atoms with E-state index in [0.717, 1.165) is 6.42 Å². The summed E-state index contributed by atoms with van der Waals surface area (Å²) in [7, 11) is 1.45. The van der Waals surface area contributed by atoms with Crippen molar-refractivity contribution in [2.45, 2.75) is 27.2 Å². The maximum absolute atomic E-state index is 11.7. The minimum absolute atomic E-state index is 0.0804. The lowest BCUT2D eigenvalue weighted by molar-refractivity contribution is -0.149. The zero-order valence-electron chi connectivity index (χ0n) is 10.5. The number of carbonyl (C=O) groups excluding carboxylic acids is 1. The maximum atomic E-state index is 11.7. The molecule has 88 valence electrons. The third-order valence-corrected chi connectivity index (χ3v) is 2.81. The van der Waals surface area contributed by atoms with Crippen molar-refractivity contribution in [2.24, 2.45) is 11.3 Å². The summed E-state index contributed by atoms with van der Waals surface area (Å²) in [5.41, 5.74) is 1.09. The van der Waals surface area contributed by atoms with Crippen molar-refractivity contribution < 1.29 is 9.53 Å². The Balaban J connectivity index is 2.84. The van der Waals surface area contributed by atoms with Crippen LogP contribution in [-0.4, -0.2) is 13.1 Å². The molecule has 0 aliphatic carbocycles. The molecule has 0 radical (unpaired) electrons. The summed E-state index contributed by atoms with van der Waals surface area (Å²) in [5.74, 6) is -0.226. The molecule has 1 atom stereocenters. The number of esters is 1. The van der Waals surface area contributed by atoms with E-state index >= 15 is 0 Å². The van der Waals surface area contributed by atoms with Crippen LogP contribution >= 0.6 is 0 Å². The molecule has 0 saturated heterocycles. The first-order chi connectivity index (χ1) is 7.45. The van der Waals surface area contributed by atoms with Crippen molar-refractivity contribution >= 4 is 5.97 Å². The van der Waals surface area contributed by atoms with E-state index in [1.165, 1.54) is 12.7 Å². The Labute approximate surface area is 97.6 Å². The molecule has 16 heavy (non-hydrogen) atoms. The number of benzene rings is 1. The Bertz CT molecular complexity index is 336. The number of methoxy groups -OCH3 is 1. The summed E-state index contributed by atoms with van der Waals surface area (Å²) >= 11 is 0. The lowest BCUT2D eigenvalue weighted by atomic mass is 9.77. The summed E-state index contributed by atoms with van der Waals surface area (Å²) < 4.78 is 4.87. The van der Waals surface area contributed by atoms with Gasteiger partial charge in [-0.25, -0.2) is 0 Å². The van der Waals surface area contributed by atoms with E-state index in [1.54, 1.807) is 0 Å². The van der Waals surface area contributed by atoms with Crippen LogP contribution in [0.15, 0.2) is 30.3 Å². The Kier molecular flexibility index (Phi) is 4.11. The van der Waals surface area contributed by atoms with Gasteiger partial charge in [-0.2, -0.15) is 0 Å². The van der Waals surface area contributed by atoms with Crippen LogP contribution in [0.4, 0.5) is 0 Å². The van der Waals surface area contributed by atoms with Gasteiger partial charge in [0.15, 0.2) is 0 Å². The van der Waals surface area contributed by atoms with E-state index < -0.39 is 0 Å². The number of hydrogen-bond donors (Lipinski definition) is 0. The smallest absolute Gasteiger partial charge is 0.309 e. The highest BCUT2D eigenvalue weighted by Crippen LogP contribution is 2.30. The Morgan fingerprint density at radius 2 is 1.81 bits per heavy atom. The third-order valence-electron chi connectivity index (χ3n) is 2.81. The van der Waals surface area contributed by atoms with Crippen LogP contribution in [0.5, 0.6) is 0 Å². The molecule has 1 aromatic carbocycles. The van der Waals surface area contributed by atoms with E-state index in [-0.39, 0.29) is 17.3 Å². The summed E-state index contributed by atoms with van der Waals surface area (Å²) in [5, 5.41) is 0. The fraction of sp³-hybridized carbons (Fsp3) is 0.500. The van der Waals surface area contributed by atoms with Gasteiger partial charge >= 0.3 is 5.97 Å². The Hall–Kier alpha value is -1.31. The van der Waals surface area contributed by atoms with Crippen LogP contribution in [0, 0.1) is 11.3 Å². The number of hydrogen-bond acceptors (Lipinski definition) is 2. The van der Waals surface area contributed by atoms with Gasteiger partial charge in [0.25, 0.3) is 0 Å². The maximum Gasteiger partial charge on any atom is 0.309 e. The molecule has 0 unspecified atom stereocenters. The zero-order valence-corrected chi connectivity index (χ0v) is 10.5. The van der Waals surface area contributed by atoms with Gasteiger partial charge in [0.1, 0.15) is 0 Å². The molecular weight excluding hydrogens is 200 g/mol. The van der Waals surface area contributed by atoms with Crippen molar-refractivity contribution in [3.63, 3.8) is 0 Å². The van der Waals surface area contributed by atoms with Gasteiger partial charge < -0.3 is 4.74 Å². The van der Waals surface area contributed by atoms with Crippen molar-refractivity contribution in [3.8, 4) is 0 Å². The fourth-order valence-corrected chi connectivity index (χ4v) is 1.74. The van der Waals surface area contributed by atoms with Gasteiger partial charge in [0, 0.05) is 0 Å².